The molecule has 0 bridgehead atoms. The molecule has 1 aromatic carbocycles. The fourth-order valence-corrected chi connectivity index (χ4v) is 5.39. The van der Waals surface area contributed by atoms with E-state index in [-0.39, 0.29) is 29.7 Å². The van der Waals surface area contributed by atoms with Crippen molar-refractivity contribution in [1.29, 1.82) is 0 Å². The van der Waals surface area contributed by atoms with E-state index in [9.17, 15) is 19.2 Å². The molecule has 0 spiro atoms. The van der Waals surface area contributed by atoms with Crippen molar-refractivity contribution in [3.63, 3.8) is 0 Å². The average molecular weight is 533 g/mol. The van der Waals surface area contributed by atoms with Gasteiger partial charge in [0.15, 0.2) is 0 Å². The number of methoxy groups -OCH3 is 1. The van der Waals surface area contributed by atoms with E-state index in [1.54, 1.807) is 11.8 Å². The minimum Gasteiger partial charge on any atom is -0.467 e. The fraction of sp³-hybridized carbons (Fsp3) is 0.630. The van der Waals surface area contributed by atoms with Gasteiger partial charge in [-0.25, -0.2) is 4.79 Å². The molecule has 1 aromatic rings. The zero-order valence-electron chi connectivity index (χ0n) is 22.2. The quantitative estimate of drug-likeness (QED) is 0.351. The first-order chi connectivity index (χ1) is 17.8. The molecule has 37 heavy (non-hydrogen) atoms. The highest BCUT2D eigenvalue weighted by molar-refractivity contribution is 7.98. The Bertz CT molecular complexity index is 974. The maximum Gasteiger partial charge on any atom is 0.328 e. The van der Waals surface area contributed by atoms with Crippen LogP contribution < -0.4 is 16.0 Å². The Morgan fingerprint density at radius 1 is 1.19 bits per heavy atom. The second-order valence-electron chi connectivity index (χ2n) is 9.94. The van der Waals surface area contributed by atoms with Crippen molar-refractivity contribution in [2.24, 2.45) is 5.92 Å². The number of nitrogens with zero attached hydrogens (tertiary/aromatic N) is 1. The number of nitrogens with one attached hydrogen (secondary N) is 3. The van der Waals surface area contributed by atoms with E-state index >= 15 is 0 Å². The molecule has 1 unspecified atom stereocenters. The number of rotatable bonds is 12. The summed E-state index contributed by atoms with van der Waals surface area (Å²) in [6, 6.07) is 6.14. The summed E-state index contributed by atoms with van der Waals surface area (Å²) < 4.78 is 4.94. The van der Waals surface area contributed by atoms with Gasteiger partial charge in [0.05, 0.1) is 13.2 Å². The third-order valence-electron chi connectivity index (χ3n) is 7.46. The predicted molar refractivity (Wildman–Crippen MR) is 144 cm³/mol. The van der Waals surface area contributed by atoms with E-state index in [0.29, 0.717) is 38.8 Å². The van der Waals surface area contributed by atoms with Crippen LogP contribution in [0.2, 0.25) is 0 Å². The first-order valence-electron chi connectivity index (χ1n) is 13.0. The topological polar surface area (TPSA) is 117 Å². The Hall–Kier alpha value is -2.59. The highest BCUT2D eigenvalue weighted by atomic mass is 32.2. The van der Waals surface area contributed by atoms with Crippen molar-refractivity contribution >= 4 is 35.5 Å². The number of ether oxygens (including phenoxy) is 1. The van der Waals surface area contributed by atoms with Gasteiger partial charge in [0.2, 0.25) is 17.7 Å². The summed E-state index contributed by atoms with van der Waals surface area (Å²) in [6.07, 6.45) is 4.65. The minimum absolute atomic E-state index is 0.105. The van der Waals surface area contributed by atoms with E-state index in [1.165, 1.54) is 7.11 Å². The van der Waals surface area contributed by atoms with Crippen LogP contribution in [0.3, 0.4) is 0 Å². The average Bonchev–Trinajstić information content (AvgIpc) is 3.35. The van der Waals surface area contributed by atoms with Gasteiger partial charge in [0.1, 0.15) is 12.1 Å². The molecular weight excluding hydrogens is 492 g/mol. The molecule has 2 heterocycles. The Morgan fingerprint density at radius 2 is 1.92 bits per heavy atom. The lowest BCUT2D eigenvalue weighted by molar-refractivity contribution is -0.146. The van der Waals surface area contributed by atoms with Gasteiger partial charge in [-0.2, -0.15) is 11.8 Å². The predicted octanol–water partition coefficient (Wildman–Crippen LogP) is 1.63. The lowest BCUT2D eigenvalue weighted by Crippen LogP contribution is -2.58. The molecule has 1 fully saturated rings. The summed E-state index contributed by atoms with van der Waals surface area (Å²) in [5.74, 6) is -0.0800. The number of carbonyl (C=O) groups excluding carboxylic acids is 4. The Morgan fingerprint density at radius 3 is 2.54 bits per heavy atom. The van der Waals surface area contributed by atoms with Crippen molar-refractivity contribution in [3.05, 3.63) is 35.4 Å². The molecule has 10 heteroatoms. The van der Waals surface area contributed by atoms with Crippen LogP contribution >= 0.6 is 11.8 Å². The zero-order chi connectivity index (χ0) is 26.9. The molecular formula is C27H40N4O5S. The second kappa shape index (κ2) is 13.8. The number of carbonyl (C=O) groups is 4. The van der Waals surface area contributed by atoms with Crippen LogP contribution in [0, 0.1) is 5.92 Å². The number of hydrogen-bond acceptors (Lipinski definition) is 7. The summed E-state index contributed by atoms with van der Waals surface area (Å²) in [5.41, 5.74) is 2.26. The van der Waals surface area contributed by atoms with E-state index in [1.807, 2.05) is 24.5 Å². The van der Waals surface area contributed by atoms with Crippen LogP contribution in [0.15, 0.2) is 24.3 Å². The van der Waals surface area contributed by atoms with Crippen molar-refractivity contribution < 1.29 is 23.9 Å². The van der Waals surface area contributed by atoms with Gasteiger partial charge in [-0.15, -0.1) is 0 Å². The molecule has 2 aliphatic rings. The molecule has 3 rings (SSSR count). The van der Waals surface area contributed by atoms with Crippen molar-refractivity contribution in [3.8, 4) is 0 Å². The standard InChI is InChI=1S/C27H40N4O5S/c1-5-17(2)22(30-25(33)20-10-11-24(32)28-20)16-31-15-19-9-7-6-8-18(19)14-23(31)26(34)29-21(12-13-37-4)27(35)36-3/h6-9,17,20-23H,5,10-16H2,1-4H3,(H,28,32)(H,29,34)(H,30,33)/t17?,20-,21-,22+,23-/m0/s1. The van der Waals surface area contributed by atoms with Gasteiger partial charge >= 0.3 is 5.97 Å². The van der Waals surface area contributed by atoms with Gasteiger partial charge in [-0.1, -0.05) is 44.5 Å². The lowest BCUT2D eigenvalue weighted by atomic mass is 9.91. The van der Waals surface area contributed by atoms with Gasteiger partial charge in [0, 0.05) is 25.6 Å². The van der Waals surface area contributed by atoms with E-state index in [2.05, 4.69) is 40.8 Å². The number of amides is 3. The van der Waals surface area contributed by atoms with Crippen molar-refractivity contribution in [2.75, 3.05) is 25.7 Å². The number of fused-ring (bicyclic) bond motifs is 1. The summed E-state index contributed by atoms with van der Waals surface area (Å²) in [4.78, 5) is 52.6. The number of esters is 1. The number of benzene rings is 1. The molecule has 204 valence electrons. The van der Waals surface area contributed by atoms with Gasteiger partial charge in [0.25, 0.3) is 0 Å². The monoisotopic (exact) mass is 532 g/mol. The maximum absolute atomic E-state index is 13.6. The fourth-order valence-electron chi connectivity index (χ4n) is 4.92. The maximum atomic E-state index is 13.6. The minimum atomic E-state index is -0.708. The van der Waals surface area contributed by atoms with E-state index in [4.69, 9.17) is 4.74 Å². The largest absolute Gasteiger partial charge is 0.467 e. The molecule has 0 radical (unpaired) electrons. The highest BCUT2D eigenvalue weighted by Crippen LogP contribution is 2.25. The van der Waals surface area contributed by atoms with Gasteiger partial charge in [-0.05, 0) is 48.3 Å². The summed E-state index contributed by atoms with van der Waals surface area (Å²) >= 11 is 1.61. The lowest BCUT2D eigenvalue weighted by Gasteiger charge is -2.40. The Kier molecular flexibility index (Phi) is 10.8. The van der Waals surface area contributed by atoms with Crippen LogP contribution in [-0.4, -0.2) is 78.4 Å². The van der Waals surface area contributed by atoms with E-state index < -0.39 is 24.1 Å². The van der Waals surface area contributed by atoms with Crippen molar-refractivity contribution in [1.82, 2.24) is 20.9 Å². The SMILES string of the molecule is CCC(C)[C@@H](CN1Cc2ccccc2C[C@H]1C(=O)N[C@@H](CCSC)C(=O)OC)NC(=O)[C@@H]1CCC(=O)N1. The molecule has 3 amide bonds. The molecule has 0 saturated carbocycles. The van der Waals surface area contributed by atoms with Crippen LogP contribution in [-0.2, 0) is 36.9 Å². The van der Waals surface area contributed by atoms with Crippen LogP contribution in [0.25, 0.3) is 0 Å². The first-order valence-corrected chi connectivity index (χ1v) is 14.4. The zero-order valence-corrected chi connectivity index (χ0v) is 23.1. The van der Waals surface area contributed by atoms with E-state index in [0.717, 1.165) is 23.3 Å². The third-order valence-corrected chi connectivity index (χ3v) is 8.11. The molecule has 0 aliphatic carbocycles. The van der Waals surface area contributed by atoms with Crippen LogP contribution in [0.5, 0.6) is 0 Å². The molecule has 5 atom stereocenters. The molecule has 9 nitrogen and oxygen atoms in total. The van der Waals surface area contributed by atoms with Gasteiger partial charge in [-0.3, -0.25) is 19.3 Å². The summed E-state index contributed by atoms with van der Waals surface area (Å²) in [5, 5.41) is 8.83. The van der Waals surface area contributed by atoms with Crippen LogP contribution in [0.1, 0.15) is 50.7 Å². The van der Waals surface area contributed by atoms with Crippen molar-refractivity contribution in [2.45, 2.75) is 76.7 Å². The second-order valence-corrected chi connectivity index (χ2v) is 10.9. The molecule has 2 aliphatic heterocycles. The Balaban J connectivity index is 1.81. The molecule has 0 aromatic heterocycles. The first kappa shape index (κ1) is 29.0. The highest BCUT2D eigenvalue weighted by Gasteiger charge is 2.37. The smallest absolute Gasteiger partial charge is 0.328 e. The number of hydrogen-bond donors (Lipinski definition) is 3. The third kappa shape index (κ3) is 7.70. The molecule has 3 N–H and O–H groups in total. The normalized spacial score (nSPS) is 21.8. The summed E-state index contributed by atoms with van der Waals surface area (Å²) in [7, 11) is 1.33. The van der Waals surface area contributed by atoms with Crippen LogP contribution in [0.4, 0.5) is 0 Å². The molecule has 1 saturated heterocycles. The number of thioether (sulfide) groups is 1. The van der Waals surface area contributed by atoms with Gasteiger partial charge < -0.3 is 20.7 Å². The summed E-state index contributed by atoms with van der Waals surface area (Å²) in [6.45, 7) is 5.19. The Labute approximate surface area is 223 Å².